The third-order valence-corrected chi connectivity index (χ3v) is 8.24. The molecule has 0 bridgehead atoms. The molecule has 2 saturated heterocycles. The zero-order chi connectivity index (χ0) is 28.1. The van der Waals surface area contributed by atoms with E-state index in [1.165, 1.54) is 32.4 Å². The Balaban J connectivity index is 1.51. The molecule has 0 aliphatic carbocycles. The first-order valence-corrected chi connectivity index (χ1v) is 14.7. The van der Waals surface area contributed by atoms with Gasteiger partial charge in [0, 0.05) is 59.8 Å². The van der Waals surface area contributed by atoms with Gasteiger partial charge in [-0.05, 0) is 59.5 Å². The smallest absolute Gasteiger partial charge is 0.407 e. The standard InChI is InChI=1S/C30H42N6O4/c1-4-31-29(37)39-19-25-21(3)36-27(26(25)20-40-30(38)32-5-2)23-11-7-8-12-24(23)28(33-36)35-17-13-22(14-18-35)34-15-9-6-10-16-34/h7-8,11-12,22H,4-6,9-10,13-20H2,1-3H3,(H,31,37)(H,32,38). The van der Waals surface area contributed by atoms with Gasteiger partial charge in [0.25, 0.3) is 0 Å². The number of aromatic nitrogens is 2. The van der Waals surface area contributed by atoms with E-state index in [1.807, 2.05) is 37.4 Å². The minimum absolute atomic E-state index is 0.0452. The molecule has 4 heterocycles. The Morgan fingerprint density at radius 3 is 2.10 bits per heavy atom. The van der Waals surface area contributed by atoms with Crippen molar-refractivity contribution < 1.29 is 19.1 Å². The highest BCUT2D eigenvalue weighted by molar-refractivity contribution is 6.03. The SMILES string of the molecule is CCNC(=O)OCc1c(COC(=O)NCC)c2c3ccccc3c(N3CCC(N4CCCCC4)CC3)nn2c1C. The van der Waals surface area contributed by atoms with Crippen molar-refractivity contribution in [3.63, 3.8) is 0 Å². The lowest BCUT2D eigenvalue weighted by molar-refractivity contribution is 0.132. The molecule has 10 heteroatoms. The number of hydrogen-bond donors (Lipinski definition) is 2. The number of hydrogen-bond acceptors (Lipinski definition) is 7. The Morgan fingerprint density at radius 2 is 1.48 bits per heavy atom. The summed E-state index contributed by atoms with van der Waals surface area (Å²) in [7, 11) is 0. The molecule has 2 fully saturated rings. The number of ether oxygens (including phenoxy) is 2. The number of piperidine rings is 2. The first-order chi connectivity index (χ1) is 19.5. The van der Waals surface area contributed by atoms with Gasteiger partial charge in [0.2, 0.25) is 0 Å². The largest absolute Gasteiger partial charge is 0.445 e. The van der Waals surface area contributed by atoms with Gasteiger partial charge in [-0.2, -0.15) is 0 Å². The highest BCUT2D eigenvalue weighted by Crippen LogP contribution is 2.36. The molecular weight excluding hydrogens is 508 g/mol. The molecular formula is C30H42N6O4. The Labute approximate surface area is 236 Å². The fourth-order valence-corrected chi connectivity index (χ4v) is 6.19. The first kappa shape index (κ1) is 28.0. The van der Waals surface area contributed by atoms with E-state index in [0.29, 0.717) is 19.1 Å². The van der Waals surface area contributed by atoms with Gasteiger partial charge in [0.15, 0.2) is 5.82 Å². The number of benzene rings is 1. The average molecular weight is 551 g/mol. The number of carbonyl (C=O) groups excluding carboxylic acids is 2. The summed E-state index contributed by atoms with van der Waals surface area (Å²) in [6, 6.07) is 8.94. The van der Waals surface area contributed by atoms with Crippen molar-refractivity contribution in [2.45, 2.75) is 72.1 Å². The van der Waals surface area contributed by atoms with Crippen LogP contribution in [0.3, 0.4) is 0 Å². The normalized spacial score (nSPS) is 16.8. The summed E-state index contributed by atoms with van der Waals surface area (Å²) in [5.74, 6) is 0.964. The number of likely N-dealkylation sites (tertiary alicyclic amines) is 1. The number of rotatable bonds is 8. The molecule has 216 valence electrons. The zero-order valence-electron chi connectivity index (χ0n) is 24.0. The molecule has 5 rings (SSSR count). The van der Waals surface area contributed by atoms with Gasteiger partial charge in [-0.15, -0.1) is 5.10 Å². The van der Waals surface area contributed by atoms with Crippen LogP contribution >= 0.6 is 0 Å². The number of nitrogens with one attached hydrogen (secondary N) is 2. The topological polar surface area (TPSA) is 100 Å². The van der Waals surface area contributed by atoms with Crippen LogP contribution in [-0.4, -0.2) is 72.0 Å². The Kier molecular flexibility index (Phi) is 8.94. The highest BCUT2D eigenvalue weighted by Gasteiger charge is 2.29. The molecule has 0 spiro atoms. The Hall–Kier alpha value is -3.53. The number of amides is 2. The van der Waals surface area contributed by atoms with Crippen LogP contribution in [-0.2, 0) is 22.7 Å². The van der Waals surface area contributed by atoms with E-state index in [-0.39, 0.29) is 13.2 Å². The zero-order valence-corrected chi connectivity index (χ0v) is 24.0. The molecule has 0 atom stereocenters. The molecule has 2 amide bonds. The summed E-state index contributed by atoms with van der Waals surface area (Å²) in [5.41, 5.74) is 3.34. The number of aryl methyl sites for hydroxylation is 1. The molecule has 2 N–H and O–H groups in total. The molecule has 0 unspecified atom stereocenters. The van der Waals surface area contributed by atoms with E-state index in [4.69, 9.17) is 14.6 Å². The second kappa shape index (κ2) is 12.8. The molecule has 0 radical (unpaired) electrons. The van der Waals surface area contributed by atoms with Gasteiger partial charge < -0.3 is 29.9 Å². The van der Waals surface area contributed by atoms with Gasteiger partial charge in [0.05, 0.1) is 5.52 Å². The van der Waals surface area contributed by atoms with Crippen LogP contribution in [0.5, 0.6) is 0 Å². The highest BCUT2D eigenvalue weighted by atomic mass is 16.6. The van der Waals surface area contributed by atoms with Crippen molar-refractivity contribution in [2.75, 3.05) is 44.2 Å². The number of anilines is 1. The summed E-state index contributed by atoms with van der Waals surface area (Å²) in [4.78, 5) is 29.5. The van der Waals surface area contributed by atoms with Crippen LogP contribution in [0.15, 0.2) is 24.3 Å². The minimum atomic E-state index is -0.486. The van der Waals surface area contributed by atoms with Crippen molar-refractivity contribution in [2.24, 2.45) is 0 Å². The first-order valence-electron chi connectivity index (χ1n) is 14.7. The van der Waals surface area contributed by atoms with Crippen LogP contribution in [0.2, 0.25) is 0 Å². The van der Waals surface area contributed by atoms with Crippen LogP contribution in [0.4, 0.5) is 15.4 Å². The van der Waals surface area contributed by atoms with Gasteiger partial charge in [-0.25, -0.2) is 14.1 Å². The minimum Gasteiger partial charge on any atom is -0.445 e. The summed E-state index contributed by atoms with van der Waals surface area (Å²) < 4.78 is 13.1. The Bertz CT molecular complexity index is 1340. The second-order valence-electron chi connectivity index (χ2n) is 10.7. The fourth-order valence-electron chi connectivity index (χ4n) is 6.19. The lowest BCUT2D eigenvalue weighted by Crippen LogP contribution is -2.47. The number of alkyl carbamates (subject to hydrolysis) is 2. The van der Waals surface area contributed by atoms with E-state index >= 15 is 0 Å². The van der Waals surface area contributed by atoms with E-state index in [1.54, 1.807) is 0 Å². The summed E-state index contributed by atoms with van der Waals surface area (Å²) in [5, 5.41) is 12.7. The van der Waals surface area contributed by atoms with Gasteiger partial charge in [0.1, 0.15) is 13.2 Å². The van der Waals surface area contributed by atoms with Crippen molar-refractivity contribution in [1.29, 1.82) is 0 Å². The quantitative estimate of drug-likeness (QED) is 0.418. The van der Waals surface area contributed by atoms with Crippen molar-refractivity contribution in [3.8, 4) is 0 Å². The van der Waals surface area contributed by atoms with Crippen molar-refractivity contribution >= 4 is 34.3 Å². The average Bonchev–Trinajstić information content (AvgIpc) is 3.25. The van der Waals surface area contributed by atoms with Crippen LogP contribution in [0, 0.1) is 6.92 Å². The number of carbonyl (C=O) groups is 2. The van der Waals surface area contributed by atoms with Gasteiger partial charge >= 0.3 is 12.2 Å². The lowest BCUT2D eigenvalue weighted by atomic mass is 9.99. The third kappa shape index (κ3) is 5.82. The second-order valence-corrected chi connectivity index (χ2v) is 10.7. The third-order valence-electron chi connectivity index (χ3n) is 8.24. The lowest BCUT2D eigenvalue weighted by Gasteiger charge is -2.40. The number of fused-ring (bicyclic) bond motifs is 3. The molecule has 1 aromatic carbocycles. The van der Waals surface area contributed by atoms with Crippen molar-refractivity contribution in [1.82, 2.24) is 25.1 Å². The number of nitrogens with zero attached hydrogens (tertiary/aromatic N) is 4. The van der Waals surface area contributed by atoms with E-state index in [0.717, 1.165) is 64.9 Å². The molecule has 2 aromatic heterocycles. The van der Waals surface area contributed by atoms with Gasteiger partial charge in [-0.3, -0.25) is 0 Å². The molecule has 3 aromatic rings. The summed E-state index contributed by atoms with van der Waals surface area (Å²) in [6.07, 6.45) is 5.28. The maximum atomic E-state index is 12.2. The molecule has 10 nitrogen and oxygen atoms in total. The maximum Gasteiger partial charge on any atom is 0.407 e. The van der Waals surface area contributed by atoms with Gasteiger partial charge in [-0.1, -0.05) is 30.7 Å². The Morgan fingerprint density at radius 1 is 0.875 bits per heavy atom. The van der Waals surface area contributed by atoms with E-state index in [2.05, 4.69) is 32.6 Å². The summed E-state index contributed by atoms with van der Waals surface area (Å²) in [6.45, 7) is 11.1. The molecule has 2 aliphatic heterocycles. The fraction of sp³-hybridized carbons (Fsp3) is 0.567. The van der Waals surface area contributed by atoms with E-state index in [9.17, 15) is 9.59 Å². The van der Waals surface area contributed by atoms with Crippen LogP contribution in [0.1, 0.15) is 62.8 Å². The van der Waals surface area contributed by atoms with Crippen LogP contribution < -0.4 is 15.5 Å². The molecule has 2 aliphatic rings. The predicted molar refractivity (Wildman–Crippen MR) is 156 cm³/mol. The van der Waals surface area contributed by atoms with Crippen LogP contribution in [0.25, 0.3) is 16.3 Å². The predicted octanol–water partition coefficient (Wildman–Crippen LogP) is 4.74. The maximum absolute atomic E-state index is 12.2. The monoisotopic (exact) mass is 550 g/mol. The molecule has 40 heavy (non-hydrogen) atoms. The molecule has 0 saturated carbocycles. The van der Waals surface area contributed by atoms with E-state index < -0.39 is 12.2 Å². The van der Waals surface area contributed by atoms with Crippen molar-refractivity contribution in [3.05, 3.63) is 41.1 Å². The summed E-state index contributed by atoms with van der Waals surface area (Å²) >= 11 is 0.